The first-order valence-electron chi connectivity index (χ1n) is 9.24. The molecule has 0 saturated carbocycles. The fourth-order valence-electron chi connectivity index (χ4n) is 2.81. The van der Waals surface area contributed by atoms with Crippen LogP contribution >= 0.6 is 0 Å². The molecule has 1 aromatic carbocycles. The number of hydrogen-bond acceptors (Lipinski definition) is 5. The fraction of sp³-hybridized carbons (Fsp3) is 0.429. The topological polar surface area (TPSA) is 85.9 Å². The summed E-state index contributed by atoms with van der Waals surface area (Å²) in [5, 5.41) is 5.38. The average Bonchev–Trinajstić information content (AvgIpc) is 2.65. The van der Waals surface area contributed by atoms with Gasteiger partial charge in [-0.15, -0.1) is 0 Å². The minimum Gasteiger partial charge on any atom is -0.493 e. The molecule has 1 aliphatic rings. The molecule has 7 heteroatoms. The van der Waals surface area contributed by atoms with Gasteiger partial charge in [-0.25, -0.2) is 9.59 Å². The van der Waals surface area contributed by atoms with Gasteiger partial charge in [-0.3, -0.25) is 0 Å². The number of urea groups is 1. The van der Waals surface area contributed by atoms with Gasteiger partial charge in [-0.05, 0) is 37.0 Å². The van der Waals surface area contributed by atoms with Gasteiger partial charge in [0.25, 0.3) is 0 Å². The van der Waals surface area contributed by atoms with Crippen LogP contribution < -0.4 is 20.1 Å². The van der Waals surface area contributed by atoms with Crippen molar-refractivity contribution in [3.63, 3.8) is 0 Å². The van der Waals surface area contributed by atoms with Gasteiger partial charge < -0.3 is 24.8 Å². The van der Waals surface area contributed by atoms with Gasteiger partial charge in [0.15, 0.2) is 11.5 Å². The van der Waals surface area contributed by atoms with Crippen molar-refractivity contribution in [1.29, 1.82) is 0 Å². The maximum absolute atomic E-state index is 12.5. The van der Waals surface area contributed by atoms with E-state index in [2.05, 4.69) is 31.1 Å². The summed E-state index contributed by atoms with van der Waals surface area (Å²) in [6.07, 6.45) is 2.42. The van der Waals surface area contributed by atoms with Crippen molar-refractivity contribution in [3.05, 3.63) is 47.7 Å². The van der Waals surface area contributed by atoms with Crippen LogP contribution in [0.4, 0.5) is 4.79 Å². The SMILES string of the molecule is C=CCOC(=O)C1=C(C)NC(=O)NC1c1ccc(OCCC(C)C)c(OC)c1. The molecular weight excluding hydrogens is 360 g/mol. The van der Waals surface area contributed by atoms with E-state index in [9.17, 15) is 9.59 Å². The smallest absolute Gasteiger partial charge is 0.338 e. The number of rotatable bonds is 9. The summed E-state index contributed by atoms with van der Waals surface area (Å²) in [6, 6.07) is 4.29. The van der Waals surface area contributed by atoms with E-state index < -0.39 is 12.0 Å². The van der Waals surface area contributed by atoms with Crippen LogP contribution in [0, 0.1) is 5.92 Å². The zero-order valence-electron chi connectivity index (χ0n) is 16.8. The molecule has 1 aromatic rings. The zero-order valence-corrected chi connectivity index (χ0v) is 16.8. The number of methoxy groups -OCH3 is 1. The van der Waals surface area contributed by atoms with Gasteiger partial charge in [0.2, 0.25) is 0 Å². The minimum absolute atomic E-state index is 0.0855. The summed E-state index contributed by atoms with van der Waals surface area (Å²) >= 11 is 0. The Hall–Kier alpha value is -2.96. The number of allylic oxidation sites excluding steroid dienone is 1. The lowest BCUT2D eigenvalue weighted by Crippen LogP contribution is -2.45. The second-order valence-corrected chi connectivity index (χ2v) is 6.90. The van der Waals surface area contributed by atoms with Crippen LogP contribution in [0.15, 0.2) is 42.1 Å². The van der Waals surface area contributed by atoms with E-state index in [4.69, 9.17) is 14.2 Å². The van der Waals surface area contributed by atoms with Crippen LogP contribution in [0.1, 0.15) is 38.8 Å². The molecule has 2 amide bonds. The van der Waals surface area contributed by atoms with Gasteiger partial charge in [0.1, 0.15) is 6.61 Å². The van der Waals surface area contributed by atoms with Gasteiger partial charge in [-0.1, -0.05) is 32.6 Å². The van der Waals surface area contributed by atoms with Crippen molar-refractivity contribution in [2.75, 3.05) is 20.3 Å². The lowest BCUT2D eigenvalue weighted by atomic mass is 9.95. The van der Waals surface area contributed by atoms with Gasteiger partial charge in [0, 0.05) is 5.70 Å². The van der Waals surface area contributed by atoms with Crippen LogP contribution in [0.3, 0.4) is 0 Å². The molecule has 0 fully saturated rings. The third-order valence-electron chi connectivity index (χ3n) is 4.30. The maximum Gasteiger partial charge on any atom is 0.338 e. The molecule has 1 aliphatic heterocycles. The molecule has 0 bridgehead atoms. The summed E-state index contributed by atoms with van der Waals surface area (Å²) in [6.45, 7) is 10.1. The molecule has 0 aliphatic carbocycles. The molecule has 0 saturated heterocycles. The highest BCUT2D eigenvalue weighted by Crippen LogP contribution is 2.34. The molecule has 28 heavy (non-hydrogen) atoms. The van der Waals surface area contributed by atoms with E-state index in [0.717, 1.165) is 6.42 Å². The summed E-state index contributed by atoms with van der Waals surface area (Å²) in [5.41, 5.74) is 1.46. The second kappa shape index (κ2) is 9.82. The van der Waals surface area contributed by atoms with Gasteiger partial charge in [0.05, 0.1) is 25.3 Å². The number of carbonyl (C=O) groups is 2. The lowest BCUT2D eigenvalue weighted by Gasteiger charge is -2.28. The Bertz CT molecular complexity index is 770. The molecule has 2 rings (SSSR count). The number of ether oxygens (including phenoxy) is 3. The van der Waals surface area contributed by atoms with Crippen LogP contribution in [0.5, 0.6) is 11.5 Å². The standard InChI is InChI=1S/C21H28N2O5/c1-6-10-28-20(24)18-14(4)22-21(25)23-19(18)15-7-8-16(17(12-15)26-5)27-11-9-13(2)3/h6-8,12-13,19H,1,9-11H2,2-5H3,(H2,22,23,25). The molecule has 2 N–H and O–H groups in total. The molecule has 152 valence electrons. The maximum atomic E-state index is 12.5. The number of nitrogens with one attached hydrogen (secondary N) is 2. The van der Waals surface area contributed by atoms with Crippen LogP contribution in [0.2, 0.25) is 0 Å². The van der Waals surface area contributed by atoms with Crippen LogP contribution in [-0.4, -0.2) is 32.3 Å². The van der Waals surface area contributed by atoms with E-state index in [0.29, 0.717) is 40.9 Å². The average molecular weight is 388 g/mol. The van der Waals surface area contributed by atoms with E-state index >= 15 is 0 Å². The molecule has 0 aromatic heterocycles. The first-order chi connectivity index (χ1) is 13.4. The predicted octanol–water partition coefficient (Wildman–Crippen LogP) is 3.48. The highest BCUT2D eigenvalue weighted by molar-refractivity contribution is 5.95. The third kappa shape index (κ3) is 5.28. The highest BCUT2D eigenvalue weighted by Gasteiger charge is 2.32. The third-order valence-corrected chi connectivity index (χ3v) is 4.30. The van der Waals surface area contributed by atoms with E-state index in [-0.39, 0.29) is 12.6 Å². The molecule has 1 unspecified atom stereocenters. The Kier molecular flexibility index (Phi) is 7.49. The van der Waals surface area contributed by atoms with Gasteiger partial charge >= 0.3 is 12.0 Å². The highest BCUT2D eigenvalue weighted by atomic mass is 16.5. The number of carbonyl (C=O) groups excluding carboxylic acids is 2. The Morgan fingerprint density at radius 3 is 2.71 bits per heavy atom. The predicted molar refractivity (Wildman–Crippen MR) is 106 cm³/mol. The number of amides is 2. The van der Waals surface area contributed by atoms with E-state index in [1.807, 2.05) is 0 Å². The quantitative estimate of drug-likeness (QED) is 0.500. The number of benzene rings is 1. The largest absolute Gasteiger partial charge is 0.493 e. The minimum atomic E-state index is -0.662. The van der Waals surface area contributed by atoms with Crippen molar-refractivity contribution >= 4 is 12.0 Å². The van der Waals surface area contributed by atoms with Crippen molar-refractivity contribution in [3.8, 4) is 11.5 Å². The fourth-order valence-corrected chi connectivity index (χ4v) is 2.81. The monoisotopic (exact) mass is 388 g/mol. The zero-order chi connectivity index (χ0) is 20.7. The summed E-state index contributed by atoms with van der Waals surface area (Å²) < 4.78 is 16.4. The Morgan fingerprint density at radius 2 is 2.07 bits per heavy atom. The van der Waals surface area contributed by atoms with Crippen molar-refractivity contribution in [1.82, 2.24) is 10.6 Å². The van der Waals surface area contributed by atoms with Gasteiger partial charge in [-0.2, -0.15) is 0 Å². The van der Waals surface area contributed by atoms with Crippen LogP contribution in [0.25, 0.3) is 0 Å². The first-order valence-corrected chi connectivity index (χ1v) is 9.24. The molecule has 0 radical (unpaired) electrons. The van der Waals surface area contributed by atoms with E-state index in [1.54, 1.807) is 32.2 Å². The van der Waals surface area contributed by atoms with Crippen LogP contribution in [-0.2, 0) is 9.53 Å². The number of esters is 1. The first kappa shape index (κ1) is 21.3. The Balaban J connectivity index is 2.32. The summed E-state index contributed by atoms with van der Waals surface area (Å²) in [7, 11) is 1.55. The summed E-state index contributed by atoms with van der Waals surface area (Å²) in [5.74, 6) is 1.16. The lowest BCUT2D eigenvalue weighted by molar-refractivity contribution is -0.138. The normalized spacial score (nSPS) is 16.3. The van der Waals surface area contributed by atoms with Crippen molar-refractivity contribution in [2.45, 2.75) is 33.2 Å². The Morgan fingerprint density at radius 1 is 1.32 bits per heavy atom. The molecule has 1 heterocycles. The number of hydrogen-bond donors (Lipinski definition) is 2. The van der Waals surface area contributed by atoms with Crippen molar-refractivity contribution in [2.24, 2.45) is 5.92 Å². The summed E-state index contributed by atoms with van der Waals surface area (Å²) in [4.78, 5) is 24.5. The van der Waals surface area contributed by atoms with E-state index in [1.165, 1.54) is 6.08 Å². The Labute approximate surface area is 165 Å². The van der Waals surface area contributed by atoms with Crippen molar-refractivity contribution < 1.29 is 23.8 Å². The molecule has 0 spiro atoms. The molecule has 1 atom stereocenters. The second-order valence-electron chi connectivity index (χ2n) is 6.90. The molecular formula is C21H28N2O5. The molecule has 7 nitrogen and oxygen atoms in total.